The minimum atomic E-state index is -1.10. The van der Waals surface area contributed by atoms with E-state index in [9.17, 15) is 19.7 Å². The molecular weight excluding hydrogens is 438 g/mol. The summed E-state index contributed by atoms with van der Waals surface area (Å²) in [7, 11) is 0. The lowest BCUT2D eigenvalue weighted by Gasteiger charge is -2.31. The zero-order valence-corrected chi connectivity index (χ0v) is 17.7. The van der Waals surface area contributed by atoms with Gasteiger partial charge in [0.2, 0.25) is 17.9 Å². The maximum Gasteiger partial charge on any atom is 0.325 e. The Hall–Kier alpha value is -3.93. The van der Waals surface area contributed by atoms with Gasteiger partial charge in [0.1, 0.15) is 5.56 Å². The number of nitrogens with one attached hydrogen (secondary N) is 1. The van der Waals surface area contributed by atoms with Crippen LogP contribution in [-0.4, -0.2) is 34.0 Å². The number of para-hydroxylation sites is 1. The van der Waals surface area contributed by atoms with Crippen LogP contribution < -0.4 is 24.6 Å². The second-order valence-electron chi connectivity index (χ2n) is 7.06. The van der Waals surface area contributed by atoms with Gasteiger partial charge in [0.15, 0.2) is 11.5 Å². The molecule has 0 unspecified atom stereocenters. The van der Waals surface area contributed by atoms with Gasteiger partial charge in [-0.3, -0.25) is 24.7 Å². The summed E-state index contributed by atoms with van der Waals surface area (Å²) in [6.45, 7) is 1.29. The molecule has 0 radical (unpaired) electrons. The normalized spacial score (nSPS) is 15.8. The lowest BCUT2D eigenvalue weighted by Crippen LogP contribution is -2.60. The molecular formula is C20H16N5O6S+. The fraction of sp³-hybridized carbons (Fsp3) is 0.200. The molecule has 11 nitrogen and oxygen atoms in total. The van der Waals surface area contributed by atoms with E-state index in [1.165, 1.54) is 40.4 Å². The van der Waals surface area contributed by atoms with Gasteiger partial charge in [-0.2, -0.15) is 0 Å². The summed E-state index contributed by atoms with van der Waals surface area (Å²) in [5, 5.41) is 16.8. The van der Waals surface area contributed by atoms with E-state index in [2.05, 4.69) is 10.1 Å². The molecule has 12 heteroatoms. The molecule has 0 saturated heterocycles. The first-order chi connectivity index (χ1) is 15.4. The average Bonchev–Trinajstić information content (AvgIpc) is 3.24. The van der Waals surface area contributed by atoms with Crippen molar-refractivity contribution in [3.8, 4) is 22.8 Å². The summed E-state index contributed by atoms with van der Waals surface area (Å²) in [5.74, 6) is 0.172. The van der Waals surface area contributed by atoms with E-state index in [0.29, 0.717) is 22.2 Å². The first-order valence-electron chi connectivity index (χ1n) is 9.48. The molecule has 0 saturated carbocycles. The molecule has 3 aromatic rings. The van der Waals surface area contributed by atoms with Gasteiger partial charge in [-0.25, -0.2) is 4.90 Å². The SMILES string of the molecule is CSc1n[n+]2c(c(=O)[nH]1)-c1ccccc1N(C(C)=O)[C@H]2c1cc2c(cc1[N+](=O)[O-])OCO2. The van der Waals surface area contributed by atoms with E-state index in [1.807, 2.05) is 0 Å². The van der Waals surface area contributed by atoms with Crippen molar-refractivity contribution in [1.29, 1.82) is 0 Å². The van der Waals surface area contributed by atoms with Crippen LogP contribution >= 0.6 is 11.8 Å². The number of aromatic amines is 1. The largest absolute Gasteiger partial charge is 0.454 e. The third-order valence-electron chi connectivity index (χ3n) is 5.29. The van der Waals surface area contributed by atoms with E-state index in [0.717, 1.165) is 0 Å². The number of thioether (sulfide) groups is 1. The predicted octanol–water partition coefficient (Wildman–Crippen LogP) is 2.00. The number of nitro benzene ring substituents is 1. The summed E-state index contributed by atoms with van der Waals surface area (Å²) in [6.07, 6.45) is 0.642. The van der Waals surface area contributed by atoms with Crippen LogP contribution in [0.15, 0.2) is 46.3 Å². The van der Waals surface area contributed by atoms with Crippen LogP contribution in [0.1, 0.15) is 18.7 Å². The Morgan fingerprint density at radius 2 is 2.03 bits per heavy atom. The number of ether oxygens (including phenoxy) is 2. The number of fused-ring (bicyclic) bond motifs is 4. The summed E-state index contributed by atoms with van der Waals surface area (Å²) >= 11 is 1.21. The molecule has 2 aromatic carbocycles. The number of hydrogen-bond donors (Lipinski definition) is 1. The van der Waals surface area contributed by atoms with E-state index in [4.69, 9.17) is 9.47 Å². The molecule has 0 fully saturated rings. The third-order valence-corrected chi connectivity index (χ3v) is 5.86. The topological polar surface area (TPSA) is 132 Å². The predicted molar refractivity (Wildman–Crippen MR) is 113 cm³/mol. The Bertz CT molecular complexity index is 1360. The third kappa shape index (κ3) is 2.91. The van der Waals surface area contributed by atoms with E-state index in [-0.39, 0.29) is 35.4 Å². The molecule has 1 atom stereocenters. The molecule has 3 heterocycles. The Labute approximate surface area is 184 Å². The molecule has 0 spiro atoms. The molecule has 0 bridgehead atoms. The monoisotopic (exact) mass is 454 g/mol. The van der Waals surface area contributed by atoms with Gasteiger partial charge in [0.05, 0.1) is 22.2 Å². The second-order valence-corrected chi connectivity index (χ2v) is 7.85. The number of H-pyrrole nitrogens is 1. The van der Waals surface area contributed by atoms with Crippen molar-refractivity contribution >= 4 is 29.0 Å². The van der Waals surface area contributed by atoms with Gasteiger partial charge < -0.3 is 9.47 Å². The average molecular weight is 454 g/mol. The fourth-order valence-electron chi connectivity index (χ4n) is 4.00. The summed E-state index contributed by atoms with van der Waals surface area (Å²) in [4.78, 5) is 41.5. The van der Waals surface area contributed by atoms with Crippen molar-refractivity contribution in [2.45, 2.75) is 18.2 Å². The highest BCUT2D eigenvalue weighted by Gasteiger charge is 2.48. The zero-order chi connectivity index (χ0) is 22.6. The lowest BCUT2D eigenvalue weighted by atomic mass is 10.00. The van der Waals surface area contributed by atoms with Crippen molar-refractivity contribution in [2.24, 2.45) is 0 Å². The van der Waals surface area contributed by atoms with Crippen LogP contribution in [0.4, 0.5) is 11.4 Å². The minimum Gasteiger partial charge on any atom is -0.454 e. The first-order valence-corrected chi connectivity index (χ1v) is 10.7. The number of rotatable bonds is 3. The van der Waals surface area contributed by atoms with Crippen molar-refractivity contribution < 1.29 is 23.9 Å². The second kappa shape index (κ2) is 7.34. The quantitative estimate of drug-likeness (QED) is 0.275. The number of hydrogen-bond acceptors (Lipinski definition) is 8. The minimum absolute atomic E-state index is 0.0713. The maximum absolute atomic E-state index is 13.1. The van der Waals surface area contributed by atoms with Crippen LogP contribution in [0.5, 0.6) is 11.5 Å². The number of amides is 1. The Balaban J connectivity index is 1.89. The fourth-order valence-corrected chi connectivity index (χ4v) is 4.36. The van der Waals surface area contributed by atoms with Gasteiger partial charge in [0.25, 0.3) is 11.9 Å². The number of anilines is 1. The van der Waals surface area contributed by atoms with Crippen LogP contribution in [0.3, 0.4) is 0 Å². The van der Waals surface area contributed by atoms with Crippen LogP contribution in [-0.2, 0) is 4.79 Å². The molecule has 0 aliphatic carbocycles. The van der Waals surface area contributed by atoms with Crippen LogP contribution in [0, 0.1) is 10.1 Å². The zero-order valence-electron chi connectivity index (χ0n) is 16.9. The van der Waals surface area contributed by atoms with Gasteiger partial charge in [0, 0.05) is 18.1 Å². The standard InChI is InChI=1S/C20H15N5O6S/c1-10(26)23-13-6-4-3-5-11(13)17-18(27)21-20(32-2)22-24(17)19(23)12-7-15-16(31-9-30-15)8-14(12)25(28)29/h3-8,19H,9H2,1-2H3/p+1/t19-/m1/s1. The molecule has 5 rings (SSSR count). The maximum atomic E-state index is 13.1. The Kier molecular flexibility index (Phi) is 4.59. The number of carbonyl (C=O) groups is 1. The number of benzene rings is 2. The van der Waals surface area contributed by atoms with Gasteiger partial charge in [-0.05, 0) is 23.1 Å². The molecule has 1 amide bonds. The number of nitro groups is 1. The number of carbonyl (C=O) groups excluding carboxylic acids is 1. The first kappa shape index (κ1) is 20.0. The lowest BCUT2D eigenvalue weighted by molar-refractivity contribution is -0.763. The highest BCUT2D eigenvalue weighted by atomic mass is 32.2. The highest BCUT2D eigenvalue weighted by molar-refractivity contribution is 7.98. The summed E-state index contributed by atoms with van der Waals surface area (Å²) < 4.78 is 12.1. The Morgan fingerprint density at radius 1 is 1.31 bits per heavy atom. The smallest absolute Gasteiger partial charge is 0.325 e. The molecule has 2 aliphatic heterocycles. The van der Waals surface area contributed by atoms with E-state index in [1.54, 1.807) is 30.5 Å². The van der Waals surface area contributed by atoms with Crippen LogP contribution in [0.25, 0.3) is 11.3 Å². The Morgan fingerprint density at radius 3 is 2.72 bits per heavy atom. The highest BCUT2D eigenvalue weighted by Crippen LogP contribution is 2.44. The summed E-state index contributed by atoms with van der Waals surface area (Å²) in [6, 6.07) is 9.60. The van der Waals surface area contributed by atoms with Crippen molar-refractivity contribution in [1.82, 2.24) is 10.1 Å². The summed E-state index contributed by atoms with van der Waals surface area (Å²) in [5.41, 5.74) is 0.558. The van der Waals surface area contributed by atoms with Crippen LogP contribution in [0.2, 0.25) is 0 Å². The van der Waals surface area contributed by atoms with E-state index < -0.39 is 16.6 Å². The molecule has 1 aromatic heterocycles. The molecule has 1 N–H and O–H groups in total. The van der Waals surface area contributed by atoms with Crippen molar-refractivity contribution in [3.05, 3.63) is 62.4 Å². The number of nitrogens with zero attached hydrogens (tertiary/aromatic N) is 4. The number of aromatic nitrogens is 3. The van der Waals surface area contributed by atoms with Gasteiger partial charge >= 0.3 is 11.3 Å². The van der Waals surface area contributed by atoms with Gasteiger partial charge in [-0.1, -0.05) is 23.9 Å². The van der Waals surface area contributed by atoms with Gasteiger partial charge in [-0.15, -0.1) is 0 Å². The molecule has 32 heavy (non-hydrogen) atoms. The van der Waals surface area contributed by atoms with Crippen molar-refractivity contribution in [3.63, 3.8) is 0 Å². The van der Waals surface area contributed by atoms with Crippen molar-refractivity contribution in [2.75, 3.05) is 17.9 Å². The molecule has 162 valence electrons. The van der Waals surface area contributed by atoms with E-state index >= 15 is 0 Å². The molecule has 2 aliphatic rings.